The number of benzene rings is 1. The molecule has 2 rings (SSSR count). The SMILES string of the molecule is CNC(C)c1ccc(Br)cc1OC1CCCCCC1O. The lowest BCUT2D eigenvalue weighted by Gasteiger charge is -2.25. The van der Waals surface area contributed by atoms with Crippen molar-refractivity contribution in [1.82, 2.24) is 5.32 Å². The standard InChI is InChI=1S/C16H24BrNO2/c1-11(18-2)13-9-8-12(17)10-16(13)20-15-7-5-3-4-6-14(15)19/h8-11,14-15,18-19H,3-7H2,1-2H3. The van der Waals surface area contributed by atoms with E-state index in [0.717, 1.165) is 41.5 Å². The highest BCUT2D eigenvalue weighted by molar-refractivity contribution is 9.10. The van der Waals surface area contributed by atoms with Crippen molar-refractivity contribution in [1.29, 1.82) is 0 Å². The number of nitrogens with one attached hydrogen (secondary N) is 1. The highest BCUT2D eigenvalue weighted by Crippen LogP contribution is 2.31. The molecule has 0 bridgehead atoms. The van der Waals surface area contributed by atoms with Gasteiger partial charge in [0.1, 0.15) is 11.9 Å². The van der Waals surface area contributed by atoms with Crippen molar-refractivity contribution in [3.05, 3.63) is 28.2 Å². The van der Waals surface area contributed by atoms with Gasteiger partial charge in [0.15, 0.2) is 0 Å². The summed E-state index contributed by atoms with van der Waals surface area (Å²) in [5, 5.41) is 13.5. The molecule has 3 nitrogen and oxygen atoms in total. The smallest absolute Gasteiger partial charge is 0.125 e. The first-order valence-corrected chi connectivity index (χ1v) is 8.22. The van der Waals surface area contributed by atoms with Gasteiger partial charge in [-0.2, -0.15) is 0 Å². The van der Waals surface area contributed by atoms with Crippen molar-refractivity contribution in [2.24, 2.45) is 0 Å². The molecular formula is C16H24BrNO2. The van der Waals surface area contributed by atoms with E-state index in [2.05, 4.69) is 34.2 Å². The molecule has 4 heteroatoms. The molecule has 0 aromatic heterocycles. The van der Waals surface area contributed by atoms with E-state index in [1.165, 1.54) is 6.42 Å². The second-order valence-electron chi connectivity index (χ2n) is 5.55. The van der Waals surface area contributed by atoms with Gasteiger partial charge in [0.05, 0.1) is 6.10 Å². The maximum Gasteiger partial charge on any atom is 0.125 e. The van der Waals surface area contributed by atoms with Crippen LogP contribution in [0.4, 0.5) is 0 Å². The third kappa shape index (κ3) is 3.96. The lowest BCUT2D eigenvalue weighted by atomic mass is 10.1. The van der Waals surface area contributed by atoms with Gasteiger partial charge in [-0.1, -0.05) is 34.8 Å². The first kappa shape index (κ1) is 15.8. The van der Waals surface area contributed by atoms with Crippen molar-refractivity contribution in [2.75, 3.05) is 7.05 Å². The summed E-state index contributed by atoms with van der Waals surface area (Å²) in [5.74, 6) is 0.868. The molecule has 0 saturated heterocycles. The lowest BCUT2D eigenvalue weighted by Crippen LogP contribution is -2.31. The van der Waals surface area contributed by atoms with E-state index >= 15 is 0 Å². The summed E-state index contributed by atoms with van der Waals surface area (Å²) in [5.41, 5.74) is 1.13. The predicted octanol–water partition coefficient (Wildman–Crippen LogP) is 3.80. The van der Waals surface area contributed by atoms with Crippen LogP contribution < -0.4 is 10.1 Å². The Kier molecular flexibility index (Phi) is 5.87. The Morgan fingerprint density at radius 3 is 2.80 bits per heavy atom. The van der Waals surface area contributed by atoms with Crippen LogP contribution in [0.25, 0.3) is 0 Å². The molecule has 0 aliphatic heterocycles. The van der Waals surface area contributed by atoms with E-state index in [4.69, 9.17) is 4.74 Å². The molecule has 0 amide bonds. The normalized spacial score (nSPS) is 25.0. The summed E-state index contributed by atoms with van der Waals surface area (Å²) >= 11 is 3.50. The Morgan fingerprint density at radius 2 is 2.05 bits per heavy atom. The Morgan fingerprint density at radius 1 is 1.30 bits per heavy atom. The molecule has 3 atom stereocenters. The summed E-state index contributed by atoms with van der Waals surface area (Å²) < 4.78 is 7.16. The Labute approximate surface area is 129 Å². The van der Waals surface area contributed by atoms with E-state index in [1.54, 1.807) is 0 Å². The molecule has 2 N–H and O–H groups in total. The molecular weight excluding hydrogens is 318 g/mol. The number of ether oxygens (including phenoxy) is 1. The first-order valence-electron chi connectivity index (χ1n) is 7.43. The third-order valence-electron chi connectivity index (χ3n) is 4.07. The highest BCUT2D eigenvalue weighted by atomic mass is 79.9. The van der Waals surface area contributed by atoms with Crippen LogP contribution in [0.15, 0.2) is 22.7 Å². The number of hydrogen-bond donors (Lipinski definition) is 2. The average molecular weight is 342 g/mol. The molecule has 0 radical (unpaired) electrons. The van der Waals surface area contributed by atoms with Crippen molar-refractivity contribution in [3.63, 3.8) is 0 Å². The van der Waals surface area contributed by atoms with Crippen LogP contribution in [0.1, 0.15) is 50.6 Å². The van der Waals surface area contributed by atoms with Crippen molar-refractivity contribution in [2.45, 2.75) is 57.3 Å². The minimum absolute atomic E-state index is 0.0883. The van der Waals surface area contributed by atoms with Crippen LogP contribution in [0.3, 0.4) is 0 Å². The maximum atomic E-state index is 10.2. The number of aliphatic hydroxyl groups excluding tert-OH is 1. The number of aliphatic hydroxyl groups is 1. The van der Waals surface area contributed by atoms with Gasteiger partial charge in [0, 0.05) is 16.1 Å². The fraction of sp³-hybridized carbons (Fsp3) is 0.625. The van der Waals surface area contributed by atoms with E-state index in [-0.39, 0.29) is 18.2 Å². The van der Waals surface area contributed by atoms with Gasteiger partial charge in [0.25, 0.3) is 0 Å². The molecule has 0 heterocycles. The summed E-state index contributed by atoms with van der Waals surface area (Å²) in [6.07, 6.45) is 4.75. The van der Waals surface area contributed by atoms with Crippen molar-refractivity contribution < 1.29 is 9.84 Å². The molecule has 1 saturated carbocycles. The third-order valence-corrected chi connectivity index (χ3v) is 4.56. The van der Waals surface area contributed by atoms with Gasteiger partial charge < -0.3 is 15.2 Å². The summed E-state index contributed by atoms with van der Waals surface area (Å²) in [6.45, 7) is 2.11. The van der Waals surface area contributed by atoms with Crippen LogP contribution >= 0.6 is 15.9 Å². The number of hydrogen-bond acceptors (Lipinski definition) is 3. The van der Waals surface area contributed by atoms with Gasteiger partial charge in [-0.15, -0.1) is 0 Å². The van der Waals surface area contributed by atoms with Crippen LogP contribution in [0.2, 0.25) is 0 Å². The van der Waals surface area contributed by atoms with Crippen molar-refractivity contribution >= 4 is 15.9 Å². The Balaban J connectivity index is 2.20. The Hall–Kier alpha value is -0.580. The molecule has 1 aromatic rings. The molecule has 1 aliphatic rings. The van der Waals surface area contributed by atoms with E-state index in [0.29, 0.717) is 0 Å². The zero-order valence-electron chi connectivity index (χ0n) is 12.2. The van der Waals surface area contributed by atoms with Gasteiger partial charge in [-0.3, -0.25) is 0 Å². The van der Waals surface area contributed by atoms with E-state index in [1.807, 2.05) is 19.2 Å². The molecule has 3 unspecified atom stereocenters. The maximum absolute atomic E-state index is 10.2. The largest absolute Gasteiger partial charge is 0.487 e. The summed E-state index contributed by atoms with van der Waals surface area (Å²) in [4.78, 5) is 0. The van der Waals surface area contributed by atoms with E-state index in [9.17, 15) is 5.11 Å². The zero-order valence-corrected chi connectivity index (χ0v) is 13.8. The van der Waals surface area contributed by atoms with Crippen LogP contribution in [-0.4, -0.2) is 24.4 Å². The van der Waals surface area contributed by atoms with Crippen LogP contribution in [-0.2, 0) is 0 Å². The van der Waals surface area contributed by atoms with Crippen molar-refractivity contribution in [3.8, 4) is 5.75 Å². The predicted molar refractivity (Wildman–Crippen MR) is 85.1 cm³/mol. The van der Waals surface area contributed by atoms with Gasteiger partial charge in [-0.05, 0) is 45.4 Å². The molecule has 1 fully saturated rings. The average Bonchev–Trinajstić information content (AvgIpc) is 2.64. The first-order chi connectivity index (χ1) is 9.61. The molecule has 20 heavy (non-hydrogen) atoms. The topological polar surface area (TPSA) is 41.5 Å². The van der Waals surface area contributed by atoms with Crippen LogP contribution in [0.5, 0.6) is 5.75 Å². The molecule has 112 valence electrons. The molecule has 0 spiro atoms. The minimum Gasteiger partial charge on any atom is -0.487 e. The monoisotopic (exact) mass is 341 g/mol. The van der Waals surface area contributed by atoms with Gasteiger partial charge in [-0.25, -0.2) is 0 Å². The fourth-order valence-electron chi connectivity index (χ4n) is 2.68. The fourth-order valence-corrected chi connectivity index (χ4v) is 3.02. The number of halogens is 1. The quantitative estimate of drug-likeness (QED) is 0.818. The zero-order chi connectivity index (χ0) is 14.5. The molecule has 1 aromatic carbocycles. The highest BCUT2D eigenvalue weighted by Gasteiger charge is 2.24. The number of rotatable bonds is 4. The summed E-state index contributed by atoms with van der Waals surface area (Å²) in [6, 6.07) is 6.32. The Bertz CT molecular complexity index is 438. The van der Waals surface area contributed by atoms with E-state index < -0.39 is 0 Å². The summed E-state index contributed by atoms with van der Waals surface area (Å²) in [7, 11) is 1.94. The van der Waals surface area contributed by atoms with Crippen LogP contribution in [0, 0.1) is 0 Å². The second-order valence-corrected chi connectivity index (χ2v) is 6.47. The minimum atomic E-state index is -0.353. The molecule has 1 aliphatic carbocycles. The van der Waals surface area contributed by atoms with Gasteiger partial charge >= 0.3 is 0 Å². The lowest BCUT2D eigenvalue weighted by molar-refractivity contribution is 0.0311. The second kappa shape index (κ2) is 7.43. The van der Waals surface area contributed by atoms with Gasteiger partial charge in [0.2, 0.25) is 0 Å².